The Kier molecular flexibility index (Phi) is 8.24. The van der Waals surface area contributed by atoms with Crippen LogP contribution in [0.1, 0.15) is 63.2 Å². The van der Waals surface area contributed by atoms with E-state index < -0.39 is 17.7 Å². The van der Waals surface area contributed by atoms with E-state index in [0.717, 1.165) is 19.3 Å². The summed E-state index contributed by atoms with van der Waals surface area (Å²) in [6.45, 7) is 5.48. The highest BCUT2D eigenvalue weighted by atomic mass is 16.6. The number of ether oxygens (including phenoxy) is 2. The van der Waals surface area contributed by atoms with Crippen LogP contribution in [0.15, 0.2) is 35.9 Å². The highest BCUT2D eigenvalue weighted by Gasteiger charge is 2.17. The van der Waals surface area contributed by atoms with Crippen molar-refractivity contribution in [1.82, 2.24) is 5.32 Å². The van der Waals surface area contributed by atoms with Gasteiger partial charge in [0.15, 0.2) is 6.61 Å². The maximum absolute atomic E-state index is 12.2. The highest BCUT2D eigenvalue weighted by molar-refractivity contribution is 5.93. The lowest BCUT2D eigenvalue weighted by Gasteiger charge is -2.19. The molecule has 7 heteroatoms. The van der Waals surface area contributed by atoms with Crippen LogP contribution in [0.25, 0.3) is 0 Å². The fraction of sp³-hybridized carbons (Fsp3) is 0.500. The minimum atomic E-state index is -0.636. The van der Waals surface area contributed by atoms with Crippen LogP contribution in [0.2, 0.25) is 0 Å². The van der Waals surface area contributed by atoms with Crippen LogP contribution in [-0.2, 0) is 14.3 Å². The number of anilines is 1. The van der Waals surface area contributed by atoms with Gasteiger partial charge in [-0.3, -0.25) is 10.1 Å². The van der Waals surface area contributed by atoms with Crippen molar-refractivity contribution in [3.05, 3.63) is 41.5 Å². The summed E-state index contributed by atoms with van der Waals surface area (Å²) < 4.78 is 10.2. The van der Waals surface area contributed by atoms with Gasteiger partial charge in [0.1, 0.15) is 5.60 Å². The Morgan fingerprint density at radius 2 is 1.93 bits per heavy atom. The average molecular weight is 402 g/mol. The quantitative estimate of drug-likeness (QED) is 0.527. The predicted octanol–water partition coefficient (Wildman–Crippen LogP) is 4.20. The van der Waals surface area contributed by atoms with Crippen LogP contribution >= 0.6 is 0 Å². The predicted molar refractivity (Wildman–Crippen MR) is 111 cm³/mol. The lowest BCUT2D eigenvalue weighted by Crippen LogP contribution is -2.30. The number of carbonyl (C=O) groups excluding carboxylic acids is 3. The molecule has 158 valence electrons. The minimum absolute atomic E-state index is 0.235. The zero-order chi connectivity index (χ0) is 21.3. The van der Waals surface area contributed by atoms with Gasteiger partial charge in [-0.1, -0.05) is 17.7 Å². The molecule has 0 unspecified atom stereocenters. The molecule has 29 heavy (non-hydrogen) atoms. The molecule has 0 radical (unpaired) electrons. The Labute approximate surface area is 171 Å². The zero-order valence-electron chi connectivity index (χ0n) is 17.4. The van der Waals surface area contributed by atoms with Gasteiger partial charge in [-0.25, -0.2) is 9.59 Å². The van der Waals surface area contributed by atoms with Crippen molar-refractivity contribution in [1.29, 1.82) is 0 Å². The van der Waals surface area contributed by atoms with Crippen molar-refractivity contribution in [3.63, 3.8) is 0 Å². The van der Waals surface area contributed by atoms with Gasteiger partial charge >= 0.3 is 12.1 Å². The summed E-state index contributed by atoms with van der Waals surface area (Å²) in [6, 6.07) is 6.27. The van der Waals surface area contributed by atoms with Gasteiger partial charge < -0.3 is 14.8 Å². The SMILES string of the molecule is CC(C)(C)OC(=O)Nc1cccc(C(=O)OCC(=O)NCCC2=CCCCC2)c1. The monoisotopic (exact) mass is 402 g/mol. The van der Waals surface area contributed by atoms with E-state index in [1.165, 1.54) is 24.5 Å². The second-order valence-electron chi connectivity index (χ2n) is 7.99. The Bertz CT molecular complexity index is 765. The molecular weight excluding hydrogens is 372 g/mol. The smallest absolute Gasteiger partial charge is 0.412 e. The number of amides is 2. The summed E-state index contributed by atoms with van der Waals surface area (Å²) in [7, 11) is 0. The summed E-state index contributed by atoms with van der Waals surface area (Å²) in [5, 5.41) is 5.33. The van der Waals surface area contributed by atoms with Crippen molar-refractivity contribution >= 4 is 23.7 Å². The van der Waals surface area contributed by atoms with Gasteiger partial charge in [0, 0.05) is 12.2 Å². The standard InChI is InChI=1S/C22H30N2O5/c1-22(2,3)29-21(27)24-18-11-7-10-17(14-18)20(26)28-15-19(25)23-13-12-16-8-5-4-6-9-16/h7-8,10-11,14H,4-6,9,12-13,15H2,1-3H3,(H,23,25)(H,24,27). The molecule has 1 aliphatic rings. The normalized spacial score (nSPS) is 13.8. The average Bonchev–Trinajstić information content (AvgIpc) is 2.65. The van der Waals surface area contributed by atoms with Crippen LogP contribution in [-0.4, -0.2) is 36.7 Å². The van der Waals surface area contributed by atoms with E-state index in [-0.39, 0.29) is 18.1 Å². The second-order valence-corrected chi connectivity index (χ2v) is 7.99. The first-order chi connectivity index (χ1) is 13.7. The number of esters is 1. The van der Waals surface area contributed by atoms with Crippen molar-refractivity contribution in [2.75, 3.05) is 18.5 Å². The van der Waals surface area contributed by atoms with Gasteiger partial charge in [0.05, 0.1) is 5.56 Å². The summed E-state index contributed by atoms with van der Waals surface area (Å²) in [5.74, 6) is -0.972. The Balaban J connectivity index is 1.76. The molecule has 0 spiro atoms. The van der Waals surface area contributed by atoms with Crippen LogP contribution in [0.5, 0.6) is 0 Å². The maximum atomic E-state index is 12.2. The van der Waals surface area contributed by atoms with Crippen molar-refractivity contribution < 1.29 is 23.9 Å². The summed E-state index contributed by atoms with van der Waals surface area (Å²) in [6.07, 6.45) is 7.11. The Hall–Kier alpha value is -2.83. The van der Waals surface area contributed by atoms with Crippen LogP contribution < -0.4 is 10.6 Å². The lowest BCUT2D eigenvalue weighted by atomic mass is 9.97. The molecular formula is C22H30N2O5. The van der Waals surface area contributed by atoms with Gasteiger partial charge in [-0.15, -0.1) is 0 Å². The van der Waals surface area contributed by atoms with E-state index in [9.17, 15) is 14.4 Å². The van der Waals surface area contributed by atoms with Crippen molar-refractivity contribution in [3.8, 4) is 0 Å². The molecule has 2 N–H and O–H groups in total. The number of benzene rings is 1. The summed E-state index contributed by atoms with van der Waals surface area (Å²) in [4.78, 5) is 35.9. The Morgan fingerprint density at radius 1 is 1.14 bits per heavy atom. The molecule has 0 saturated carbocycles. The molecule has 0 aromatic heterocycles. The van der Waals surface area contributed by atoms with Crippen LogP contribution in [0, 0.1) is 0 Å². The molecule has 7 nitrogen and oxygen atoms in total. The van der Waals surface area contributed by atoms with Crippen molar-refractivity contribution in [2.24, 2.45) is 0 Å². The number of rotatable bonds is 7. The summed E-state index contributed by atoms with van der Waals surface area (Å²) in [5.41, 5.74) is 1.39. The molecule has 1 aromatic rings. The first-order valence-electron chi connectivity index (χ1n) is 9.95. The fourth-order valence-electron chi connectivity index (χ4n) is 2.91. The third-order valence-corrected chi connectivity index (χ3v) is 4.23. The maximum Gasteiger partial charge on any atom is 0.412 e. The molecule has 1 aromatic carbocycles. The third kappa shape index (κ3) is 8.81. The number of carbonyl (C=O) groups is 3. The van der Waals surface area contributed by atoms with E-state index in [0.29, 0.717) is 12.2 Å². The molecule has 0 bridgehead atoms. The van der Waals surface area contributed by atoms with Gasteiger partial charge in [-0.2, -0.15) is 0 Å². The highest BCUT2D eigenvalue weighted by Crippen LogP contribution is 2.19. The summed E-state index contributed by atoms with van der Waals surface area (Å²) >= 11 is 0. The van der Waals surface area contributed by atoms with Gasteiger partial charge in [-0.05, 0) is 71.1 Å². The van der Waals surface area contributed by atoms with Crippen LogP contribution in [0.4, 0.5) is 10.5 Å². The van der Waals surface area contributed by atoms with E-state index in [1.807, 2.05) is 0 Å². The minimum Gasteiger partial charge on any atom is -0.452 e. The molecule has 0 aliphatic heterocycles. The third-order valence-electron chi connectivity index (χ3n) is 4.23. The molecule has 0 saturated heterocycles. The molecule has 0 heterocycles. The largest absolute Gasteiger partial charge is 0.452 e. The topological polar surface area (TPSA) is 93.7 Å². The first-order valence-corrected chi connectivity index (χ1v) is 9.95. The fourth-order valence-corrected chi connectivity index (χ4v) is 2.91. The van der Waals surface area contributed by atoms with Crippen LogP contribution in [0.3, 0.4) is 0 Å². The molecule has 2 amide bonds. The number of nitrogens with one attached hydrogen (secondary N) is 2. The molecule has 1 aliphatic carbocycles. The molecule has 0 fully saturated rings. The van der Waals surface area contributed by atoms with E-state index in [1.54, 1.807) is 39.0 Å². The molecule has 0 atom stereocenters. The van der Waals surface area contributed by atoms with Gasteiger partial charge in [0.2, 0.25) is 0 Å². The van der Waals surface area contributed by atoms with Gasteiger partial charge in [0.25, 0.3) is 5.91 Å². The lowest BCUT2D eigenvalue weighted by molar-refractivity contribution is -0.124. The first kappa shape index (κ1) is 22.5. The second kappa shape index (κ2) is 10.6. The number of hydrogen-bond donors (Lipinski definition) is 2. The number of hydrogen-bond acceptors (Lipinski definition) is 5. The van der Waals surface area contributed by atoms with Crippen molar-refractivity contribution in [2.45, 2.75) is 58.5 Å². The molecule has 2 rings (SSSR count). The van der Waals surface area contributed by atoms with E-state index in [4.69, 9.17) is 9.47 Å². The Morgan fingerprint density at radius 3 is 2.62 bits per heavy atom. The van der Waals surface area contributed by atoms with E-state index in [2.05, 4.69) is 16.7 Å². The number of allylic oxidation sites excluding steroid dienone is 1. The van der Waals surface area contributed by atoms with E-state index >= 15 is 0 Å². The zero-order valence-corrected chi connectivity index (χ0v) is 17.4.